The summed E-state index contributed by atoms with van der Waals surface area (Å²) in [6, 6.07) is 7.71. The molecule has 0 spiro atoms. The number of hydrogen-bond donors (Lipinski definition) is 1. The van der Waals surface area contributed by atoms with Gasteiger partial charge in [0, 0.05) is 30.3 Å². The van der Waals surface area contributed by atoms with Gasteiger partial charge in [-0.15, -0.1) is 0 Å². The van der Waals surface area contributed by atoms with E-state index in [1.807, 2.05) is 49.0 Å². The van der Waals surface area contributed by atoms with Crippen molar-refractivity contribution >= 4 is 21.8 Å². The van der Waals surface area contributed by atoms with E-state index in [0.29, 0.717) is 6.42 Å². The Morgan fingerprint density at radius 1 is 1.40 bits per heavy atom. The summed E-state index contributed by atoms with van der Waals surface area (Å²) in [5.74, 6) is 0.875. The van der Waals surface area contributed by atoms with E-state index in [0.717, 1.165) is 22.3 Å². The Labute approximate surface area is 127 Å². The first-order chi connectivity index (χ1) is 9.61. The van der Waals surface area contributed by atoms with E-state index in [9.17, 15) is 4.79 Å². The van der Waals surface area contributed by atoms with Gasteiger partial charge in [-0.3, -0.25) is 4.79 Å². The van der Waals surface area contributed by atoms with Gasteiger partial charge in [-0.1, -0.05) is 35.0 Å². The van der Waals surface area contributed by atoms with Crippen LogP contribution in [0.4, 0.5) is 0 Å². The molecule has 1 aromatic heterocycles. The molecule has 5 heteroatoms. The molecule has 0 saturated heterocycles. The second kappa shape index (κ2) is 6.70. The zero-order chi connectivity index (χ0) is 14.5. The number of halogens is 1. The predicted molar refractivity (Wildman–Crippen MR) is 82.2 cm³/mol. The summed E-state index contributed by atoms with van der Waals surface area (Å²) in [5, 5.41) is 3.06. The first-order valence-corrected chi connectivity index (χ1v) is 7.43. The van der Waals surface area contributed by atoms with Crippen molar-refractivity contribution in [3.8, 4) is 0 Å². The van der Waals surface area contributed by atoms with Crippen LogP contribution in [0.3, 0.4) is 0 Å². The van der Waals surface area contributed by atoms with Crippen LogP contribution in [-0.2, 0) is 11.8 Å². The fourth-order valence-electron chi connectivity index (χ4n) is 2.07. The van der Waals surface area contributed by atoms with Gasteiger partial charge in [0.2, 0.25) is 5.91 Å². The Hall–Kier alpha value is -1.62. The first-order valence-electron chi connectivity index (χ1n) is 6.64. The topological polar surface area (TPSA) is 46.9 Å². The molecule has 0 saturated carbocycles. The van der Waals surface area contributed by atoms with Crippen LogP contribution in [0.15, 0.2) is 41.1 Å². The van der Waals surface area contributed by atoms with Crippen LogP contribution in [0, 0.1) is 0 Å². The summed E-state index contributed by atoms with van der Waals surface area (Å²) in [6.45, 7) is 2.00. The van der Waals surface area contributed by atoms with Crippen molar-refractivity contribution in [2.75, 3.05) is 0 Å². The van der Waals surface area contributed by atoms with E-state index in [1.54, 1.807) is 6.20 Å². The largest absolute Gasteiger partial charge is 0.342 e. The fourth-order valence-corrected chi connectivity index (χ4v) is 2.33. The minimum absolute atomic E-state index is 0.0448. The highest BCUT2D eigenvalue weighted by atomic mass is 79.9. The lowest BCUT2D eigenvalue weighted by Gasteiger charge is -2.19. The molecule has 20 heavy (non-hydrogen) atoms. The summed E-state index contributed by atoms with van der Waals surface area (Å²) in [7, 11) is 1.93. The Kier molecular flexibility index (Phi) is 4.95. The molecule has 1 atom stereocenters. The van der Waals surface area contributed by atoms with E-state index in [2.05, 4.69) is 26.2 Å². The number of aryl methyl sites for hydroxylation is 1. The molecular weight excluding hydrogens is 318 g/mol. The van der Waals surface area contributed by atoms with Crippen molar-refractivity contribution in [1.82, 2.24) is 14.9 Å². The first kappa shape index (κ1) is 14.8. The molecule has 0 radical (unpaired) electrons. The number of aromatic nitrogens is 2. The number of amides is 1. The van der Waals surface area contributed by atoms with Crippen LogP contribution in [0.1, 0.15) is 37.2 Å². The van der Waals surface area contributed by atoms with Crippen molar-refractivity contribution in [3.63, 3.8) is 0 Å². The maximum atomic E-state index is 11.9. The van der Waals surface area contributed by atoms with Gasteiger partial charge in [0.1, 0.15) is 11.9 Å². The fraction of sp³-hybridized carbons (Fsp3) is 0.333. The van der Waals surface area contributed by atoms with Crippen LogP contribution < -0.4 is 5.32 Å². The molecule has 0 bridgehead atoms. The lowest BCUT2D eigenvalue weighted by Crippen LogP contribution is -2.30. The lowest BCUT2D eigenvalue weighted by molar-refractivity contribution is -0.121. The quantitative estimate of drug-likeness (QED) is 0.912. The molecule has 106 valence electrons. The summed E-state index contributed by atoms with van der Waals surface area (Å²) >= 11 is 3.43. The molecule has 2 aromatic rings. The summed E-state index contributed by atoms with van der Waals surface area (Å²) in [6.07, 6.45) is 4.98. The number of carbonyl (C=O) groups excluding carboxylic acids is 1. The Bertz CT molecular complexity index is 577. The van der Waals surface area contributed by atoms with E-state index >= 15 is 0 Å². The average molecular weight is 336 g/mol. The number of carbonyl (C=O) groups is 1. The lowest BCUT2D eigenvalue weighted by atomic mass is 10.1. The number of nitrogens with one attached hydrogen (secondary N) is 1. The highest BCUT2D eigenvalue weighted by molar-refractivity contribution is 9.10. The minimum atomic E-state index is -0.220. The Morgan fingerprint density at radius 2 is 2.10 bits per heavy atom. The number of hydrogen-bond acceptors (Lipinski definition) is 2. The number of nitrogens with zero attached hydrogens (tertiary/aromatic N) is 2. The number of benzene rings is 1. The van der Waals surface area contributed by atoms with Gasteiger partial charge < -0.3 is 9.88 Å². The molecule has 1 N–H and O–H groups in total. The number of rotatable bonds is 5. The van der Waals surface area contributed by atoms with Crippen molar-refractivity contribution < 1.29 is 4.79 Å². The van der Waals surface area contributed by atoms with E-state index in [1.165, 1.54) is 0 Å². The highest BCUT2D eigenvalue weighted by Gasteiger charge is 2.20. The third-order valence-corrected chi connectivity index (χ3v) is 3.63. The Balaban J connectivity index is 2.31. The van der Waals surface area contributed by atoms with Crippen LogP contribution in [-0.4, -0.2) is 15.5 Å². The maximum absolute atomic E-state index is 11.9. The molecule has 0 fully saturated rings. The second-order valence-corrected chi connectivity index (χ2v) is 5.61. The molecule has 0 aliphatic heterocycles. The molecular formula is C15H18BrN3O. The van der Waals surface area contributed by atoms with Crippen LogP contribution in [0.2, 0.25) is 0 Å². The monoisotopic (exact) mass is 335 g/mol. The van der Waals surface area contributed by atoms with E-state index < -0.39 is 0 Å². The molecule has 4 nitrogen and oxygen atoms in total. The normalized spacial score (nSPS) is 12.2. The highest BCUT2D eigenvalue weighted by Crippen LogP contribution is 2.22. The van der Waals surface area contributed by atoms with Crippen molar-refractivity contribution in [2.45, 2.75) is 25.8 Å². The van der Waals surface area contributed by atoms with Crippen LogP contribution >= 0.6 is 15.9 Å². The van der Waals surface area contributed by atoms with Crippen LogP contribution in [0.25, 0.3) is 0 Å². The van der Waals surface area contributed by atoms with Gasteiger partial charge in [-0.25, -0.2) is 4.98 Å². The minimum Gasteiger partial charge on any atom is -0.342 e. The zero-order valence-electron chi connectivity index (χ0n) is 11.6. The average Bonchev–Trinajstić information content (AvgIpc) is 2.84. The SMILES string of the molecule is CCCC(=O)NC(c1ccc(Br)cc1)c1nccn1C. The maximum Gasteiger partial charge on any atom is 0.220 e. The standard InChI is InChI=1S/C15H18BrN3O/c1-3-4-13(20)18-14(15-17-9-10-19(15)2)11-5-7-12(16)8-6-11/h5-10,14H,3-4H2,1-2H3,(H,18,20). The van der Waals surface area contributed by atoms with Crippen molar-refractivity contribution in [2.24, 2.45) is 7.05 Å². The van der Waals surface area contributed by atoms with Crippen LogP contribution in [0.5, 0.6) is 0 Å². The third kappa shape index (κ3) is 3.48. The zero-order valence-corrected chi connectivity index (χ0v) is 13.2. The summed E-state index contributed by atoms with van der Waals surface area (Å²) < 4.78 is 2.94. The van der Waals surface area contributed by atoms with Gasteiger partial charge in [0.15, 0.2) is 0 Å². The molecule has 1 aromatic carbocycles. The van der Waals surface area contributed by atoms with Gasteiger partial charge in [0.05, 0.1) is 0 Å². The molecule has 0 aliphatic rings. The van der Waals surface area contributed by atoms with E-state index in [4.69, 9.17) is 0 Å². The van der Waals surface area contributed by atoms with Gasteiger partial charge in [-0.05, 0) is 24.1 Å². The smallest absolute Gasteiger partial charge is 0.220 e. The van der Waals surface area contributed by atoms with E-state index in [-0.39, 0.29) is 11.9 Å². The Morgan fingerprint density at radius 3 is 2.65 bits per heavy atom. The molecule has 0 aliphatic carbocycles. The van der Waals surface area contributed by atoms with Gasteiger partial charge >= 0.3 is 0 Å². The van der Waals surface area contributed by atoms with Crippen molar-refractivity contribution in [3.05, 3.63) is 52.5 Å². The van der Waals surface area contributed by atoms with Gasteiger partial charge in [0.25, 0.3) is 0 Å². The number of imidazole rings is 1. The summed E-state index contributed by atoms with van der Waals surface area (Å²) in [5.41, 5.74) is 1.02. The molecule has 1 amide bonds. The van der Waals surface area contributed by atoms with Crippen molar-refractivity contribution in [1.29, 1.82) is 0 Å². The predicted octanol–water partition coefficient (Wildman–Crippen LogP) is 3.19. The second-order valence-electron chi connectivity index (χ2n) is 4.70. The summed E-state index contributed by atoms with van der Waals surface area (Å²) in [4.78, 5) is 16.3. The molecule has 2 rings (SSSR count). The molecule has 1 heterocycles. The van der Waals surface area contributed by atoms with Gasteiger partial charge in [-0.2, -0.15) is 0 Å². The molecule has 1 unspecified atom stereocenters. The third-order valence-electron chi connectivity index (χ3n) is 3.10.